The Hall–Kier alpha value is -13.0. The maximum Gasteiger partial charge on any atom is 0.229 e. The number of aryl methyl sites for hydroxylation is 3. The second kappa shape index (κ2) is 31.1. The number of nitrogens with two attached hydrogens (primary N) is 3. The first-order chi connectivity index (χ1) is 48.3. The molecule has 0 radical (unpaired) electrons. The van der Waals surface area contributed by atoms with Gasteiger partial charge in [0.15, 0.2) is 0 Å². The minimum Gasteiger partial charge on any atom is -0.422 e. The summed E-state index contributed by atoms with van der Waals surface area (Å²) in [4.78, 5) is 0. The van der Waals surface area contributed by atoms with E-state index in [1.165, 1.54) is 0 Å². The number of aliphatic hydroxyl groups excluding tert-OH is 2. The zero-order valence-electron chi connectivity index (χ0n) is 55.3. The van der Waals surface area contributed by atoms with E-state index in [1.807, 2.05) is 203 Å². The van der Waals surface area contributed by atoms with Gasteiger partial charge in [-0.3, -0.25) is 0 Å². The van der Waals surface area contributed by atoms with Crippen LogP contribution in [0.15, 0.2) is 289 Å². The molecule has 490 valence electrons. The number of allylic oxidation sites excluding steroid dienone is 3. The number of nitriles is 3. The Labute approximate surface area is 575 Å². The summed E-state index contributed by atoms with van der Waals surface area (Å²) in [5, 5.41) is 58.9. The molecule has 0 amide bonds. The second-order valence-electron chi connectivity index (χ2n) is 23.0. The summed E-state index contributed by atoms with van der Waals surface area (Å²) in [6, 6.07) is 91.4. The maximum absolute atomic E-state index is 9.87. The molecule has 0 fully saturated rings. The molecule has 3 unspecified atom stereocenters. The van der Waals surface area contributed by atoms with Crippen molar-refractivity contribution >= 4 is 0 Å². The van der Waals surface area contributed by atoms with Crippen molar-refractivity contribution < 1.29 is 24.4 Å². The van der Waals surface area contributed by atoms with Gasteiger partial charge >= 0.3 is 0 Å². The molecule has 99 heavy (non-hydrogen) atoms. The molecular weight excluding hydrogens is 1230 g/mol. The largest absolute Gasteiger partial charge is 0.422 e. The highest BCUT2D eigenvalue weighted by Crippen LogP contribution is 2.48. The number of rotatable bonds is 9. The predicted octanol–water partition coefficient (Wildman–Crippen LogP) is 15.2. The molecule has 17 heteroatoms. The molecule has 9 aromatic carbocycles. The molecule has 0 saturated heterocycles. The first-order valence-electron chi connectivity index (χ1n) is 32.2. The molecular formula is C82H72N12O5. The number of nitrogens with zero attached hydrogens (tertiary/aromatic N) is 9. The highest BCUT2D eigenvalue weighted by Gasteiger charge is 2.39. The number of ether oxygens (including phenoxy) is 3. The van der Waals surface area contributed by atoms with Gasteiger partial charge in [-0.1, -0.05) is 218 Å². The van der Waals surface area contributed by atoms with E-state index in [0.717, 1.165) is 101 Å². The molecule has 6 heterocycles. The van der Waals surface area contributed by atoms with Crippen LogP contribution >= 0.6 is 0 Å². The van der Waals surface area contributed by atoms with Crippen molar-refractivity contribution in [1.29, 1.82) is 15.8 Å². The van der Waals surface area contributed by atoms with Gasteiger partial charge in [-0.05, 0) is 121 Å². The molecule has 12 aromatic rings. The van der Waals surface area contributed by atoms with Crippen LogP contribution in [0.5, 0.6) is 17.6 Å². The third kappa shape index (κ3) is 14.2. The Morgan fingerprint density at radius 1 is 0.333 bits per heavy atom. The summed E-state index contributed by atoms with van der Waals surface area (Å²) in [7, 11) is 0. The average molecular weight is 1310 g/mol. The lowest BCUT2D eigenvalue weighted by Crippen LogP contribution is -2.22. The Balaban J connectivity index is 0.000000144. The molecule has 3 atom stereocenters. The van der Waals surface area contributed by atoms with Crippen molar-refractivity contribution in [2.45, 2.75) is 52.4 Å². The number of aliphatic hydroxyl groups is 2. The summed E-state index contributed by atoms with van der Waals surface area (Å²) in [5.74, 6) is 0.993. The van der Waals surface area contributed by atoms with Gasteiger partial charge in [-0.15, -0.1) is 0 Å². The fourth-order valence-electron chi connectivity index (χ4n) is 12.3. The lowest BCUT2D eigenvalue weighted by atomic mass is 9.83. The average Bonchev–Trinajstić information content (AvgIpc) is 1.66. The number of aromatic nitrogens is 6. The highest BCUT2D eigenvalue weighted by molar-refractivity contribution is 5.69. The van der Waals surface area contributed by atoms with Gasteiger partial charge in [0.05, 0.1) is 68.6 Å². The van der Waals surface area contributed by atoms with Crippen molar-refractivity contribution in [2.75, 3.05) is 13.2 Å². The summed E-state index contributed by atoms with van der Waals surface area (Å²) < 4.78 is 23.0. The number of fused-ring (bicyclic) bond motifs is 3. The summed E-state index contributed by atoms with van der Waals surface area (Å²) >= 11 is 0. The van der Waals surface area contributed by atoms with Gasteiger partial charge in [0.25, 0.3) is 0 Å². The van der Waals surface area contributed by atoms with E-state index in [9.17, 15) is 15.8 Å². The normalized spacial score (nSPS) is 14.6. The molecule has 3 aromatic heterocycles. The van der Waals surface area contributed by atoms with Crippen LogP contribution in [0.3, 0.4) is 0 Å². The number of para-hydroxylation sites is 3. The van der Waals surface area contributed by atoms with Gasteiger partial charge in [0.2, 0.25) is 35.3 Å². The third-order valence-electron chi connectivity index (χ3n) is 16.8. The fourth-order valence-corrected chi connectivity index (χ4v) is 12.3. The first kappa shape index (κ1) is 67.4. The van der Waals surface area contributed by atoms with Crippen LogP contribution in [0, 0.1) is 54.8 Å². The van der Waals surface area contributed by atoms with Gasteiger partial charge < -0.3 is 41.6 Å². The number of hydrogen-bond donors (Lipinski definition) is 5. The number of benzene rings is 9. The van der Waals surface area contributed by atoms with Crippen LogP contribution in [0.4, 0.5) is 0 Å². The molecule has 0 bridgehead atoms. The molecule has 17 nitrogen and oxygen atoms in total. The second-order valence-corrected chi connectivity index (χ2v) is 23.0. The van der Waals surface area contributed by atoms with Crippen LogP contribution in [-0.2, 0) is 0 Å². The molecule has 15 rings (SSSR count). The van der Waals surface area contributed by atoms with Crippen LogP contribution in [0.1, 0.15) is 82.1 Å². The first-order valence-corrected chi connectivity index (χ1v) is 32.2. The Morgan fingerprint density at radius 2 is 0.525 bits per heavy atom. The van der Waals surface area contributed by atoms with Gasteiger partial charge in [0, 0.05) is 13.2 Å². The van der Waals surface area contributed by atoms with E-state index in [2.05, 4.69) is 91.0 Å². The highest BCUT2D eigenvalue weighted by atomic mass is 16.5. The van der Waals surface area contributed by atoms with E-state index in [0.29, 0.717) is 34.4 Å². The Kier molecular flexibility index (Phi) is 21.2. The quantitative estimate of drug-likeness (QED) is 0.0899. The van der Waals surface area contributed by atoms with Crippen molar-refractivity contribution in [3.8, 4) is 86.3 Å². The summed E-state index contributed by atoms with van der Waals surface area (Å²) in [6.07, 6.45) is 0. The van der Waals surface area contributed by atoms with Gasteiger partial charge in [-0.2, -0.15) is 31.1 Å². The molecule has 8 N–H and O–H groups in total. The fraction of sp³-hybridized carbons (Fsp3) is 0.122. The zero-order valence-corrected chi connectivity index (χ0v) is 55.3. The number of hydrogen-bond acceptors (Lipinski definition) is 14. The van der Waals surface area contributed by atoms with Crippen LogP contribution in [0.25, 0.3) is 50.4 Å². The maximum atomic E-state index is 9.87. The lowest BCUT2D eigenvalue weighted by Gasteiger charge is -2.25. The monoisotopic (exact) mass is 1300 g/mol. The summed E-state index contributed by atoms with van der Waals surface area (Å²) in [6.45, 7) is 9.66. The molecule has 0 aliphatic carbocycles. The minimum absolute atomic E-state index is 0.115. The minimum atomic E-state index is -0.337. The Morgan fingerprint density at radius 3 is 0.727 bits per heavy atom. The van der Waals surface area contributed by atoms with Gasteiger partial charge in [0.1, 0.15) is 34.9 Å². The molecule has 3 aliphatic heterocycles. The smallest absolute Gasteiger partial charge is 0.229 e. The van der Waals surface area contributed by atoms with E-state index >= 15 is 0 Å². The SMILES string of the molecule is CCO.CCO.Cc1nn(-c2ccccc2)c2c1C(c1ccc(-c3ccccc3)cc1)C(C#N)=C(N)O2.Cc1nn(-c2ccccc2)c2c1C(c1ccc(-c3ccccc3)cc1)C(C#N)=C(N)O2.Cc1nn(-c2ccccc2)c2c1C(c1ccc(-c3ccccc3)cc1)C(C#N)=C(N)O2. The standard InChI is InChI=1S/3C26H20N4O.2C2H6O/c3*1-17-23-24(20-14-12-19(13-15-20)18-8-4-2-5-9-18)22(16-27)25(28)31-26(23)30(29-17)21-10-6-3-7-11-21;2*1-2-3/h3*2-15,24H,28H2,1H3;2*3H,2H2,1H3. The van der Waals surface area contributed by atoms with E-state index in [4.69, 9.17) is 56.9 Å². The zero-order chi connectivity index (χ0) is 69.5. The molecule has 0 spiro atoms. The Bertz CT molecular complexity index is 4490. The van der Waals surface area contributed by atoms with Crippen LogP contribution in [-0.4, -0.2) is 52.8 Å². The predicted molar refractivity (Wildman–Crippen MR) is 384 cm³/mol. The van der Waals surface area contributed by atoms with E-state index in [-0.39, 0.29) is 48.6 Å². The van der Waals surface area contributed by atoms with Crippen molar-refractivity contribution in [2.24, 2.45) is 17.2 Å². The van der Waals surface area contributed by atoms with E-state index in [1.54, 1.807) is 27.9 Å². The van der Waals surface area contributed by atoms with Crippen molar-refractivity contribution in [3.05, 3.63) is 340 Å². The van der Waals surface area contributed by atoms with Gasteiger partial charge in [-0.25, -0.2) is 14.0 Å². The van der Waals surface area contributed by atoms with E-state index < -0.39 is 0 Å². The van der Waals surface area contributed by atoms with Crippen molar-refractivity contribution in [1.82, 2.24) is 29.3 Å². The molecule has 0 saturated carbocycles. The topological polar surface area (TPSA) is 271 Å². The van der Waals surface area contributed by atoms with Crippen LogP contribution < -0.4 is 31.4 Å². The molecule has 3 aliphatic rings. The van der Waals surface area contributed by atoms with Crippen molar-refractivity contribution in [3.63, 3.8) is 0 Å². The lowest BCUT2D eigenvalue weighted by molar-refractivity contribution is 0.318. The summed E-state index contributed by atoms with van der Waals surface area (Å²) in [5.41, 5.74) is 37.1. The van der Waals surface area contributed by atoms with Crippen LogP contribution in [0.2, 0.25) is 0 Å². The third-order valence-corrected chi connectivity index (χ3v) is 16.8.